The summed E-state index contributed by atoms with van der Waals surface area (Å²) < 4.78 is 0. The van der Waals surface area contributed by atoms with Crippen LogP contribution >= 0.6 is 0 Å². The summed E-state index contributed by atoms with van der Waals surface area (Å²) in [5.41, 5.74) is 1.42. The van der Waals surface area contributed by atoms with Crippen molar-refractivity contribution in [1.82, 2.24) is 4.98 Å². The van der Waals surface area contributed by atoms with Gasteiger partial charge >= 0.3 is 0 Å². The molecular weight excluding hydrogens is 142 g/mol. The second-order valence-corrected chi connectivity index (χ2v) is 2.24. The third-order valence-corrected chi connectivity index (χ3v) is 1.45. The van der Waals surface area contributed by atoms with E-state index in [0.717, 1.165) is 0 Å². The highest BCUT2D eigenvalue weighted by molar-refractivity contribution is 5.81. The standard InChI is InChI=1S/C7H5N3O/c11-7-4-6-5(9-10-7)2-1-3-8-6/h1-3H,4H2. The van der Waals surface area contributed by atoms with E-state index in [-0.39, 0.29) is 12.3 Å². The summed E-state index contributed by atoms with van der Waals surface area (Å²) in [6.45, 7) is 0. The van der Waals surface area contributed by atoms with Crippen molar-refractivity contribution in [3.8, 4) is 0 Å². The number of rotatable bonds is 0. The highest BCUT2D eigenvalue weighted by atomic mass is 16.1. The first kappa shape index (κ1) is 6.15. The van der Waals surface area contributed by atoms with Crippen molar-refractivity contribution in [2.75, 3.05) is 0 Å². The smallest absolute Gasteiger partial charge is 0.270 e. The Labute approximate surface area is 63.0 Å². The Bertz CT molecular complexity index is 332. The minimum absolute atomic E-state index is 0.226. The number of aromatic nitrogens is 1. The minimum Gasteiger partial charge on any atom is -0.270 e. The molecule has 0 atom stereocenters. The van der Waals surface area contributed by atoms with Crippen LogP contribution in [0.2, 0.25) is 0 Å². The predicted octanol–water partition coefficient (Wildman–Crippen LogP) is 1.25. The van der Waals surface area contributed by atoms with E-state index in [1.807, 2.05) is 0 Å². The fourth-order valence-electron chi connectivity index (χ4n) is 0.945. The number of fused-ring (bicyclic) bond motifs is 1. The Morgan fingerprint density at radius 2 is 2.27 bits per heavy atom. The molecule has 0 spiro atoms. The van der Waals surface area contributed by atoms with Crippen molar-refractivity contribution in [2.45, 2.75) is 6.42 Å². The van der Waals surface area contributed by atoms with Crippen molar-refractivity contribution in [2.24, 2.45) is 10.2 Å². The van der Waals surface area contributed by atoms with Gasteiger partial charge in [-0.2, -0.15) is 0 Å². The third kappa shape index (κ3) is 1.02. The molecule has 11 heavy (non-hydrogen) atoms. The van der Waals surface area contributed by atoms with Gasteiger partial charge in [0.05, 0.1) is 12.1 Å². The molecule has 0 radical (unpaired) electrons. The number of nitrogens with zero attached hydrogens (tertiary/aromatic N) is 3. The molecule has 2 rings (SSSR count). The molecule has 1 aromatic rings. The maximum Gasteiger partial charge on any atom is 0.270 e. The van der Waals surface area contributed by atoms with Crippen LogP contribution in [0.25, 0.3) is 0 Å². The van der Waals surface area contributed by atoms with E-state index in [2.05, 4.69) is 15.2 Å². The quantitative estimate of drug-likeness (QED) is 0.554. The zero-order valence-electron chi connectivity index (χ0n) is 5.69. The lowest BCUT2D eigenvalue weighted by Crippen LogP contribution is -2.04. The average Bonchev–Trinajstić information content (AvgIpc) is 2.04. The topological polar surface area (TPSA) is 54.7 Å². The summed E-state index contributed by atoms with van der Waals surface area (Å²) in [5.74, 6) is -0.226. The summed E-state index contributed by atoms with van der Waals surface area (Å²) in [6, 6.07) is 3.56. The Morgan fingerprint density at radius 3 is 3.18 bits per heavy atom. The van der Waals surface area contributed by atoms with Crippen LogP contribution in [0.3, 0.4) is 0 Å². The maximum absolute atomic E-state index is 10.7. The number of pyridine rings is 1. The van der Waals surface area contributed by atoms with Gasteiger partial charge in [0.15, 0.2) is 0 Å². The van der Waals surface area contributed by atoms with Gasteiger partial charge in [0.25, 0.3) is 5.91 Å². The Kier molecular flexibility index (Phi) is 1.25. The van der Waals surface area contributed by atoms with Gasteiger partial charge in [0, 0.05) is 6.20 Å². The van der Waals surface area contributed by atoms with Gasteiger partial charge in [-0.1, -0.05) is 0 Å². The molecule has 0 fully saturated rings. The fourth-order valence-corrected chi connectivity index (χ4v) is 0.945. The molecule has 0 bridgehead atoms. The summed E-state index contributed by atoms with van der Waals surface area (Å²) in [7, 11) is 0. The Balaban J connectivity index is 2.54. The number of hydrogen-bond donors (Lipinski definition) is 0. The SMILES string of the molecule is O=C1Cc2ncccc2N=N1. The van der Waals surface area contributed by atoms with E-state index in [4.69, 9.17) is 0 Å². The third-order valence-electron chi connectivity index (χ3n) is 1.45. The predicted molar refractivity (Wildman–Crippen MR) is 37.5 cm³/mol. The van der Waals surface area contributed by atoms with Crippen LogP contribution in [0, 0.1) is 0 Å². The summed E-state index contributed by atoms with van der Waals surface area (Å²) in [6.07, 6.45) is 1.92. The van der Waals surface area contributed by atoms with Gasteiger partial charge in [0.1, 0.15) is 5.69 Å². The van der Waals surface area contributed by atoms with Gasteiger partial charge in [-0.25, -0.2) is 0 Å². The first-order chi connectivity index (χ1) is 5.36. The van der Waals surface area contributed by atoms with Crippen LogP contribution in [0.4, 0.5) is 5.69 Å². The zero-order valence-corrected chi connectivity index (χ0v) is 5.69. The number of carbonyl (C=O) groups excluding carboxylic acids is 1. The lowest BCUT2D eigenvalue weighted by molar-refractivity contribution is -0.117. The second kappa shape index (κ2) is 2.23. The van der Waals surface area contributed by atoms with Gasteiger partial charge in [-0.05, 0) is 12.1 Å². The number of amides is 1. The molecule has 0 N–H and O–H groups in total. The lowest BCUT2D eigenvalue weighted by atomic mass is 10.2. The van der Waals surface area contributed by atoms with Gasteiger partial charge in [-0.3, -0.25) is 9.78 Å². The summed E-state index contributed by atoms with van der Waals surface area (Å²) >= 11 is 0. The molecular formula is C7H5N3O. The molecule has 54 valence electrons. The largest absolute Gasteiger partial charge is 0.270 e. The molecule has 0 saturated carbocycles. The van der Waals surface area contributed by atoms with E-state index in [1.165, 1.54) is 0 Å². The normalized spacial score (nSPS) is 14.7. The van der Waals surface area contributed by atoms with Crippen LogP contribution in [-0.2, 0) is 11.2 Å². The molecule has 1 aliphatic heterocycles. The van der Waals surface area contributed by atoms with Crippen LogP contribution < -0.4 is 0 Å². The highest BCUT2D eigenvalue weighted by Gasteiger charge is 2.12. The van der Waals surface area contributed by atoms with Crippen LogP contribution in [0.1, 0.15) is 5.69 Å². The van der Waals surface area contributed by atoms with E-state index in [9.17, 15) is 4.79 Å². The van der Waals surface area contributed by atoms with Crippen molar-refractivity contribution in [3.05, 3.63) is 24.0 Å². The maximum atomic E-state index is 10.7. The molecule has 2 heterocycles. The monoisotopic (exact) mass is 147 g/mol. The van der Waals surface area contributed by atoms with Gasteiger partial charge < -0.3 is 0 Å². The van der Waals surface area contributed by atoms with Crippen molar-refractivity contribution in [3.63, 3.8) is 0 Å². The molecule has 1 amide bonds. The number of carbonyl (C=O) groups is 1. The first-order valence-corrected chi connectivity index (χ1v) is 3.25. The van der Waals surface area contributed by atoms with Crippen LogP contribution in [-0.4, -0.2) is 10.9 Å². The first-order valence-electron chi connectivity index (χ1n) is 3.25. The van der Waals surface area contributed by atoms with E-state index < -0.39 is 0 Å². The minimum atomic E-state index is -0.226. The molecule has 0 aliphatic carbocycles. The molecule has 1 aliphatic rings. The second-order valence-electron chi connectivity index (χ2n) is 2.24. The van der Waals surface area contributed by atoms with Crippen molar-refractivity contribution in [1.29, 1.82) is 0 Å². The molecule has 0 saturated heterocycles. The summed E-state index contributed by atoms with van der Waals surface area (Å²) in [4.78, 5) is 14.7. The molecule has 0 aromatic carbocycles. The number of azo groups is 1. The van der Waals surface area contributed by atoms with E-state index >= 15 is 0 Å². The molecule has 0 unspecified atom stereocenters. The van der Waals surface area contributed by atoms with E-state index in [0.29, 0.717) is 11.4 Å². The Morgan fingerprint density at radius 1 is 1.36 bits per heavy atom. The van der Waals surface area contributed by atoms with Crippen LogP contribution in [0.5, 0.6) is 0 Å². The average molecular weight is 147 g/mol. The fraction of sp³-hybridized carbons (Fsp3) is 0.143. The highest BCUT2D eigenvalue weighted by Crippen LogP contribution is 2.20. The zero-order chi connectivity index (χ0) is 7.68. The van der Waals surface area contributed by atoms with Gasteiger partial charge in [-0.15, -0.1) is 10.2 Å². The van der Waals surface area contributed by atoms with Crippen molar-refractivity contribution >= 4 is 11.6 Å². The lowest BCUT2D eigenvalue weighted by Gasteiger charge is -2.03. The molecule has 4 heteroatoms. The molecule has 1 aromatic heterocycles. The van der Waals surface area contributed by atoms with Crippen LogP contribution in [0.15, 0.2) is 28.6 Å². The number of hydrogen-bond acceptors (Lipinski definition) is 3. The van der Waals surface area contributed by atoms with E-state index in [1.54, 1.807) is 18.3 Å². The van der Waals surface area contributed by atoms with Gasteiger partial charge in [0.2, 0.25) is 0 Å². The summed E-state index contributed by atoms with van der Waals surface area (Å²) in [5, 5.41) is 7.10. The Hall–Kier alpha value is -1.58. The van der Waals surface area contributed by atoms with Crippen molar-refractivity contribution < 1.29 is 4.79 Å². The molecule has 4 nitrogen and oxygen atoms in total.